The summed E-state index contributed by atoms with van der Waals surface area (Å²) in [5, 5.41) is 11.4. The summed E-state index contributed by atoms with van der Waals surface area (Å²) in [7, 11) is 0. The summed E-state index contributed by atoms with van der Waals surface area (Å²) in [6.45, 7) is -1.30. The van der Waals surface area contributed by atoms with Gasteiger partial charge in [-0.3, -0.25) is 0 Å². The number of hydrogen-bond acceptors (Lipinski definition) is 2. The van der Waals surface area contributed by atoms with Crippen molar-refractivity contribution in [2.45, 2.75) is 25.1 Å². The maximum atomic E-state index is 11.9. The van der Waals surface area contributed by atoms with E-state index >= 15 is 0 Å². The highest BCUT2D eigenvalue weighted by Crippen LogP contribution is 2.24. The van der Waals surface area contributed by atoms with Crippen molar-refractivity contribution in [1.29, 1.82) is 0 Å². The van der Waals surface area contributed by atoms with Crippen LogP contribution in [-0.4, -0.2) is 36.5 Å². The van der Waals surface area contributed by atoms with Crippen molar-refractivity contribution in [2.75, 3.05) is 19.6 Å². The highest BCUT2D eigenvalue weighted by Gasteiger charge is 2.39. The van der Waals surface area contributed by atoms with Gasteiger partial charge in [0.1, 0.15) is 0 Å². The van der Waals surface area contributed by atoms with Crippen molar-refractivity contribution >= 4 is 0 Å². The van der Waals surface area contributed by atoms with Gasteiger partial charge in [-0.1, -0.05) is 0 Å². The Morgan fingerprint density at radius 3 is 2.15 bits per heavy atom. The molecule has 0 atom stereocenters. The van der Waals surface area contributed by atoms with Crippen LogP contribution in [0.2, 0.25) is 0 Å². The highest BCUT2D eigenvalue weighted by atomic mass is 19.4. The van der Waals surface area contributed by atoms with E-state index in [0.717, 1.165) is 0 Å². The lowest BCUT2D eigenvalue weighted by Gasteiger charge is -2.46. The average Bonchev–Trinajstić information content (AvgIpc) is 1.92. The summed E-state index contributed by atoms with van der Waals surface area (Å²) in [5.41, 5.74) is 5.49. The molecule has 6 heteroatoms. The zero-order valence-electron chi connectivity index (χ0n) is 7.18. The summed E-state index contributed by atoms with van der Waals surface area (Å²) in [4.78, 5) is 0. The second-order valence-corrected chi connectivity index (χ2v) is 3.62. The standard InChI is InChI=1S/C7H13F3N2O/c8-7(9,10)5-12(13)3-1-6(11)2-4-12/h6H,1-5,11H2. The van der Waals surface area contributed by atoms with E-state index in [0.29, 0.717) is 12.8 Å². The van der Waals surface area contributed by atoms with Gasteiger partial charge >= 0.3 is 6.18 Å². The molecule has 1 aliphatic rings. The molecule has 1 aliphatic heterocycles. The van der Waals surface area contributed by atoms with Crippen LogP contribution in [0, 0.1) is 5.21 Å². The molecule has 13 heavy (non-hydrogen) atoms. The smallest absolute Gasteiger partial charge is 0.438 e. The number of piperidine rings is 1. The maximum absolute atomic E-state index is 11.9. The molecular formula is C7H13F3N2O. The molecule has 0 aromatic carbocycles. The third kappa shape index (κ3) is 3.50. The van der Waals surface area contributed by atoms with E-state index in [-0.39, 0.29) is 19.1 Å². The van der Waals surface area contributed by atoms with Gasteiger partial charge in [0.2, 0.25) is 0 Å². The van der Waals surface area contributed by atoms with Crippen LogP contribution in [0.15, 0.2) is 0 Å². The largest absolute Gasteiger partial charge is 0.633 e. The molecule has 1 saturated heterocycles. The van der Waals surface area contributed by atoms with Gasteiger partial charge in [0.25, 0.3) is 0 Å². The summed E-state index contributed by atoms with van der Waals surface area (Å²) in [6.07, 6.45) is -3.59. The highest BCUT2D eigenvalue weighted by molar-refractivity contribution is 4.68. The molecule has 1 fully saturated rings. The summed E-state index contributed by atoms with van der Waals surface area (Å²) in [6, 6.07) is -0.103. The SMILES string of the molecule is NC1CC[N+]([O-])(CC(F)(F)F)CC1. The van der Waals surface area contributed by atoms with Gasteiger partial charge in [0.15, 0.2) is 6.54 Å². The first-order valence-electron chi connectivity index (χ1n) is 4.20. The molecule has 0 saturated carbocycles. The fourth-order valence-corrected chi connectivity index (χ4v) is 1.54. The predicted molar refractivity (Wildman–Crippen MR) is 41.5 cm³/mol. The molecule has 0 aromatic rings. The molecule has 0 unspecified atom stereocenters. The molecule has 0 bridgehead atoms. The molecule has 0 aromatic heterocycles. The van der Waals surface area contributed by atoms with Crippen LogP contribution in [0.1, 0.15) is 12.8 Å². The van der Waals surface area contributed by atoms with E-state index in [2.05, 4.69) is 0 Å². The molecule has 1 rings (SSSR count). The Kier molecular flexibility index (Phi) is 2.84. The van der Waals surface area contributed by atoms with E-state index in [1.807, 2.05) is 0 Å². The average molecular weight is 198 g/mol. The Labute approximate surface area is 74.5 Å². The van der Waals surface area contributed by atoms with Crippen molar-refractivity contribution < 1.29 is 17.8 Å². The lowest BCUT2D eigenvalue weighted by Crippen LogP contribution is -2.55. The summed E-state index contributed by atoms with van der Waals surface area (Å²) >= 11 is 0. The first kappa shape index (κ1) is 10.7. The van der Waals surface area contributed by atoms with Gasteiger partial charge in [0, 0.05) is 18.9 Å². The molecule has 0 spiro atoms. The van der Waals surface area contributed by atoms with E-state index in [1.165, 1.54) is 0 Å². The predicted octanol–water partition coefficient (Wildman–Crippen LogP) is 0.984. The van der Waals surface area contributed by atoms with Crippen LogP contribution in [0.4, 0.5) is 13.2 Å². The van der Waals surface area contributed by atoms with Crippen LogP contribution >= 0.6 is 0 Å². The molecule has 0 aliphatic carbocycles. The fourth-order valence-electron chi connectivity index (χ4n) is 1.54. The van der Waals surface area contributed by atoms with Gasteiger partial charge < -0.3 is 15.6 Å². The van der Waals surface area contributed by atoms with Crippen LogP contribution < -0.4 is 5.73 Å². The van der Waals surface area contributed by atoms with Gasteiger partial charge in [-0.2, -0.15) is 13.2 Å². The first-order valence-corrected chi connectivity index (χ1v) is 4.20. The number of alkyl halides is 3. The second-order valence-electron chi connectivity index (χ2n) is 3.62. The third-order valence-electron chi connectivity index (χ3n) is 2.28. The second kappa shape index (κ2) is 3.43. The van der Waals surface area contributed by atoms with Gasteiger partial charge in [-0.15, -0.1) is 0 Å². The van der Waals surface area contributed by atoms with E-state index in [4.69, 9.17) is 5.73 Å². The quantitative estimate of drug-likeness (QED) is 0.504. The van der Waals surface area contributed by atoms with Crippen molar-refractivity contribution in [2.24, 2.45) is 5.73 Å². The fraction of sp³-hybridized carbons (Fsp3) is 1.00. The van der Waals surface area contributed by atoms with Crippen LogP contribution in [0.25, 0.3) is 0 Å². The Morgan fingerprint density at radius 1 is 1.31 bits per heavy atom. The van der Waals surface area contributed by atoms with E-state index in [1.54, 1.807) is 0 Å². The van der Waals surface area contributed by atoms with Crippen LogP contribution in [0.3, 0.4) is 0 Å². The number of halogens is 3. The number of nitrogens with zero attached hydrogens (tertiary/aromatic N) is 1. The Bertz CT molecular complexity index is 175. The maximum Gasteiger partial charge on any atom is 0.438 e. The Hall–Kier alpha value is -0.330. The van der Waals surface area contributed by atoms with Gasteiger partial charge in [-0.25, -0.2) is 0 Å². The van der Waals surface area contributed by atoms with E-state index in [9.17, 15) is 18.4 Å². The van der Waals surface area contributed by atoms with Gasteiger partial charge in [0.05, 0.1) is 13.1 Å². The Morgan fingerprint density at radius 2 is 1.77 bits per heavy atom. The minimum absolute atomic E-state index is 0.0132. The van der Waals surface area contributed by atoms with Crippen molar-refractivity contribution in [1.82, 2.24) is 0 Å². The number of hydrogen-bond donors (Lipinski definition) is 1. The molecule has 3 nitrogen and oxygen atoms in total. The number of hydroxylamine groups is 3. The third-order valence-corrected chi connectivity index (χ3v) is 2.28. The number of nitrogens with two attached hydrogens (primary N) is 1. The van der Waals surface area contributed by atoms with E-state index < -0.39 is 17.4 Å². The van der Waals surface area contributed by atoms with Crippen molar-refractivity contribution in [3.63, 3.8) is 0 Å². The molecule has 0 amide bonds. The lowest BCUT2D eigenvalue weighted by molar-refractivity contribution is -0.895. The van der Waals surface area contributed by atoms with Crippen molar-refractivity contribution in [3.05, 3.63) is 5.21 Å². The zero-order valence-corrected chi connectivity index (χ0v) is 7.18. The monoisotopic (exact) mass is 198 g/mol. The van der Waals surface area contributed by atoms with Crippen LogP contribution in [0.5, 0.6) is 0 Å². The minimum atomic E-state index is -4.37. The lowest BCUT2D eigenvalue weighted by atomic mass is 10.1. The molecular weight excluding hydrogens is 185 g/mol. The molecule has 0 radical (unpaired) electrons. The van der Waals surface area contributed by atoms with Crippen molar-refractivity contribution in [3.8, 4) is 0 Å². The zero-order chi connectivity index (χ0) is 10.1. The first-order chi connectivity index (χ1) is 5.81. The molecule has 78 valence electrons. The Balaban J connectivity index is 2.48. The normalized spacial score (nSPS) is 36.2. The number of rotatable bonds is 1. The topological polar surface area (TPSA) is 49.1 Å². The minimum Gasteiger partial charge on any atom is -0.633 e. The van der Waals surface area contributed by atoms with Gasteiger partial charge in [-0.05, 0) is 0 Å². The molecule has 2 N–H and O–H groups in total. The van der Waals surface area contributed by atoms with Crippen LogP contribution in [-0.2, 0) is 0 Å². The summed E-state index contributed by atoms with van der Waals surface area (Å²) < 4.78 is 34.7. The number of likely N-dealkylation sites (tertiary alicyclic amines) is 1. The number of quaternary nitrogens is 1. The molecule has 1 heterocycles. The summed E-state index contributed by atoms with van der Waals surface area (Å²) in [5.74, 6) is 0.